The van der Waals surface area contributed by atoms with Crippen molar-refractivity contribution in [3.8, 4) is 11.5 Å². The van der Waals surface area contributed by atoms with Crippen molar-refractivity contribution in [3.63, 3.8) is 0 Å². The van der Waals surface area contributed by atoms with Crippen molar-refractivity contribution in [2.24, 2.45) is 0 Å². The van der Waals surface area contributed by atoms with E-state index < -0.39 is 5.82 Å². The van der Waals surface area contributed by atoms with E-state index in [4.69, 9.17) is 9.47 Å². The third kappa shape index (κ3) is 2.04. The van der Waals surface area contributed by atoms with Gasteiger partial charge in [-0.2, -0.15) is 0 Å². The largest absolute Gasteiger partial charge is 0.486 e. The van der Waals surface area contributed by atoms with Gasteiger partial charge in [0.2, 0.25) is 0 Å². The summed E-state index contributed by atoms with van der Waals surface area (Å²) in [6.45, 7) is 2.26. The van der Waals surface area contributed by atoms with Crippen LogP contribution < -0.4 is 9.47 Å². The average Bonchev–Trinajstić information content (AvgIpc) is 2.25. The van der Waals surface area contributed by atoms with Gasteiger partial charge in [-0.1, -0.05) is 0 Å². The second-order valence-electron chi connectivity index (χ2n) is 3.57. The average molecular weight is 289 g/mol. The smallest absolute Gasteiger partial charge is 0.178 e. The molecule has 1 heterocycles. The fourth-order valence-corrected chi connectivity index (χ4v) is 2.13. The van der Waals surface area contributed by atoms with Crippen LogP contribution in [0.4, 0.5) is 4.39 Å². The van der Waals surface area contributed by atoms with E-state index in [9.17, 15) is 9.18 Å². The van der Waals surface area contributed by atoms with Crippen LogP contribution in [0.5, 0.6) is 11.5 Å². The molecular formula is C11H10BrFO3. The van der Waals surface area contributed by atoms with E-state index in [-0.39, 0.29) is 16.7 Å². The van der Waals surface area contributed by atoms with Crippen LogP contribution in [0.15, 0.2) is 10.5 Å². The molecule has 0 N–H and O–H groups in total. The van der Waals surface area contributed by atoms with E-state index in [1.165, 1.54) is 13.0 Å². The number of hydrogen-bond donors (Lipinski definition) is 0. The van der Waals surface area contributed by atoms with Gasteiger partial charge in [-0.3, -0.25) is 4.79 Å². The Morgan fingerprint density at radius 1 is 1.50 bits per heavy atom. The highest BCUT2D eigenvalue weighted by molar-refractivity contribution is 9.10. The third-order valence-electron chi connectivity index (χ3n) is 2.23. The molecule has 0 aliphatic carbocycles. The molecular weight excluding hydrogens is 279 g/mol. The zero-order valence-electron chi connectivity index (χ0n) is 8.68. The maximum atomic E-state index is 13.8. The number of carbonyl (C=O) groups excluding carboxylic acids is 1. The van der Waals surface area contributed by atoms with Crippen molar-refractivity contribution in [1.29, 1.82) is 0 Å². The van der Waals surface area contributed by atoms with Gasteiger partial charge >= 0.3 is 0 Å². The number of carbonyl (C=O) groups is 1. The van der Waals surface area contributed by atoms with Crippen molar-refractivity contribution in [3.05, 3.63) is 21.9 Å². The first-order valence-electron chi connectivity index (χ1n) is 4.85. The zero-order valence-corrected chi connectivity index (χ0v) is 10.3. The predicted octanol–water partition coefficient (Wildman–Crippen LogP) is 2.49. The summed E-state index contributed by atoms with van der Waals surface area (Å²) in [5.41, 5.74) is 0.323. The number of rotatable bonds is 2. The van der Waals surface area contributed by atoms with Gasteiger partial charge in [-0.05, 0) is 28.9 Å². The van der Waals surface area contributed by atoms with Gasteiger partial charge in [-0.15, -0.1) is 0 Å². The number of fused-ring (bicyclic) bond motifs is 1. The second-order valence-corrected chi connectivity index (χ2v) is 4.36. The molecule has 16 heavy (non-hydrogen) atoms. The Kier molecular flexibility index (Phi) is 3.14. The van der Waals surface area contributed by atoms with Crippen molar-refractivity contribution in [1.82, 2.24) is 0 Å². The fourth-order valence-electron chi connectivity index (χ4n) is 1.57. The van der Waals surface area contributed by atoms with Crippen LogP contribution in [-0.2, 0) is 11.2 Å². The molecule has 0 saturated heterocycles. The molecule has 0 radical (unpaired) electrons. The number of ether oxygens (including phenoxy) is 2. The van der Waals surface area contributed by atoms with Crippen LogP contribution in [0.3, 0.4) is 0 Å². The van der Waals surface area contributed by atoms with Gasteiger partial charge in [0.05, 0.1) is 4.47 Å². The molecule has 3 nitrogen and oxygen atoms in total. The van der Waals surface area contributed by atoms with E-state index in [1.54, 1.807) is 0 Å². The molecule has 1 aromatic carbocycles. The summed E-state index contributed by atoms with van der Waals surface area (Å²) in [5, 5.41) is 0. The summed E-state index contributed by atoms with van der Waals surface area (Å²) in [4.78, 5) is 11.0. The lowest BCUT2D eigenvalue weighted by atomic mass is 10.1. The summed E-state index contributed by atoms with van der Waals surface area (Å²) < 4.78 is 24.7. The number of ketones is 1. The lowest BCUT2D eigenvalue weighted by Gasteiger charge is -2.20. The first kappa shape index (κ1) is 11.4. The molecule has 1 aliphatic heterocycles. The Bertz CT molecular complexity index is 445. The predicted molar refractivity (Wildman–Crippen MR) is 59.5 cm³/mol. The molecule has 5 heteroatoms. The molecule has 0 bridgehead atoms. The Morgan fingerprint density at radius 2 is 2.19 bits per heavy atom. The minimum atomic E-state index is -0.459. The summed E-state index contributed by atoms with van der Waals surface area (Å²) >= 11 is 3.12. The maximum absolute atomic E-state index is 13.8. The monoisotopic (exact) mass is 288 g/mol. The quantitative estimate of drug-likeness (QED) is 0.839. The van der Waals surface area contributed by atoms with Crippen molar-refractivity contribution in [2.45, 2.75) is 13.3 Å². The standard InChI is InChI=1S/C11H10BrFO3/c1-6(14)4-7-5-8-11(9(12)10(7)13)16-3-2-15-8/h5H,2-4H2,1H3. The molecule has 0 amide bonds. The van der Waals surface area contributed by atoms with Crippen LogP contribution >= 0.6 is 15.9 Å². The SMILES string of the molecule is CC(=O)Cc1cc2c(c(Br)c1F)OCCO2. The minimum absolute atomic E-state index is 0.0566. The normalized spacial score (nSPS) is 13.7. The lowest BCUT2D eigenvalue weighted by Crippen LogP contribution is -2.17. The van der Waals surface area contributed by atoms with E-state index in [1.807, 2.05) is 0 Å². The summed E-state index contributed by atoms with van der Waals surface area (Å²) in [6.07, 6.45) is 0.0566. The fraction of sp³-hybridized carbons (Fsp3) is 0.364. The van der Waals surface area contributed by atoms with E-state index in [0.717, 1.165) is 0 Å². The highest BCUT2D eigenvalue weighted by atomic mass is 79.9. The highest BCUT2D eigenvalue weighted by Gasteiger charge is 2.22. The third-order valence-corrected chi connectivity index (χ3v) is 2.94. The van der Waals surface area contributed by atoms with Gasteiger partial charge in [0, 0.05) is 12.0 Å². The first-order chi connectivity index (χ1) is 7.59. The van der Waals surface area contributed by atoms with Gasteiger partial charge in [-0.25, -0.2) is 4.39 Å². The van der Waals surface area contributed by atoms with Gasteiger partial charge in [0.1, 0.15) is 24.8 Å². The summed E-state index contributed by atoms with van der Waals surface area (Å²) in [5.74, 6) is 0.300. The molecule has 0 fully saturated rings. The van der Waals surface area contributed by atoms with Crippen LogP contribution in [0.25, 0.3) is 0 Å². The highest BCUT2D eigenvalue weighted by Crippen LogP contribution is 2.40. The van der Waals surface area contributed by atoms with E-state index in [0.29, 0.717) is 30.3 Å². The van der Waals surface area contributed by atoms with Crippen LogP contribution in [0.1, 0.15) is 12.5 Å². The van der Waals surface area contributed by atoms with Crippen molar-refractivity contribution < 1.29 is 18.7 Å². The van der Waals surface area contributed by atoms with Crippen LogP contribution in [-0.4, -0.2) is 19.0 Å². The summed E-state index contributed by atoms with van der Waals surface area (Å²) in [7, 11) is 0. The topological polar surface area (TPSA) is 35.5 Å². The Labute approximate surface area is 101 Å². The number of Topliss-reactive ketones (excluding diaryl/α,β-unsaturated/α-hetero) is 1. The van der Waals surface area contributed by atoms with Crippen LogP contribution in [0.2, 0.25) is 0 Å². The summed E-state index contributed by atoms with van der Waals surface area (Å²) in [6, 6.07) is 1.52. The van der Waals surface area contributed by atoms with E-state index in [2.05, 4.69) is 15.9 Å². The lowest BCUT2D eigenvalue weighted by molar-refractivity contribution is -0.116. The van der Waals surface area contributed by atoms with Crippen molar-refractivity contribution in [2.75, 3.05) is 13.2 Å². The Morgan fingerprint density at radius 3 is 2.88 bits per heavy atom. The molecule has 86 valence electrons. The number of hydrogen-bond acceptors (Lipinski definition) is 3. The molecule has 0 aromatic heterocycles. The molecule has 0 atom stereocenters. The molecule has 1 aromatic rings. The molecule has 0 unspecified atom stereocenters. The van der Waals surface area contributed by atoms with Gasteiger partial charge < -0.3 is 9.47 Å². The van der Waals surface area contributed by atoms with Gasteiger partial charge in [0.15, 0.2) is 11.5 Å². The Balaban J connectivity index is 2.48. The van der Waals surface area contributed by atoms with Crippen molar-refractivity contribution >= 4 is 21.7 Å². The zero-order chi connectivity index (χ0) is 11.7. The van der Waals surface area contributed by atoms with Crippen LogP contribution in [0, 0.1) is 5.82 Å². The molecule has 2 rings (SSSR count). The second kappa shape index (κ2) is 4.41. The van der Waals surface area contributed by atoms with Gasteiger partial charge in [0.25, 0.3) is 0 Å². The maximum Gasteiger partial charge on any atom is 0.178 e. The molecule has 0 spiro atoms. The van der Waals surface area contributed by atoms with E-state index >= 15 is 0 Å². The first-order valence-corrected chi connectivity index (χ1v) is 5.65. The molecule has 1 aliphatic rings. The number of benzene rings is 1. The Hall–Kier alpha value is -1.10. The minimum Gasteiger partial charge on any atom is -0.486 e. The number of halogens is 2. The molecule has 0 saturated carbocycles.